The standard InChI is InChI=1S/C19H13ClN6O3S/c1-11-22-23-19-25(11)24-18(30-19)13-4-6-14(7-5-13)21-17(27)9-3-12-2-8-15(20)16(10-12)26(28)29/h2-10H,1H3,(H,21,27). The number of carbonyl (C=O) groups excluding carboxylic acids is 1. The van der Waals surface area contributed by atoms with Crippen LogP contribution in [-0.2, 0) is 4.79 Å². The first-order valence-corrected chi connectivity index (χ1v) is 9.82. The van der Waals surface area contributed by atoms with Crippen LogP contribution in [0.25, 0.3) is 21.6 Å². The van der Waals surface area contributed by atoms with E-state index in [1.807, 2.05) is 19.1 Å². The number of fused-ring (bicyclic) bond motifs is 1. The van der Waals surface area contributed by atoms with Crippen LogP contribution in [0.5, 0.6) is 0 Å². The van der Waals surface area contributed by atoms with E-state index in [2.05, 4.69) is 20.6 Å². The lowest BCUT2D eigenvalue weighted by atomic mass is 10.2. The highest BCUT2D eigenvalue weighted by molar-refractivity contribution is 7.19. The molecule has 0 radical (unpaired) electrons. The predicted molar refractivity (Wildman–Crippen MR) is 115 cm³/mol. The molecular formula is C19H13ClN6O3S. The van der Waals surface area contributed by atoms with Crippen molar-refractivity contribution in [1.82, 2.24) is 19.8 Å². The summed E-state index contributed by atoms with van der Waals surface area (Å²) in [5.41, 5.74) is 1.78. The summed E-state index contributed by atoms with van der Waals surface area (Å²) in [6.45, 7) is 1.83. The number of aryl methyl sites for hydroxylation is 1. The summed E-state index contributed by atoms with van der Waals surface area (Å²) in [5.74, 6) is 0.351. The van der Waals surface area contributed by atoms with Gasteiger partial charge in [0.1, 0.15) is 10.0 Å². The molecule has 0 spiro atoms. The lowest BCUT2D eigenvalue weighted by Crippen LogP contribution is -2.07. The number of aromatic nitrogens is 4. The number of nitrogens with zero attached hydrogens (tertiary/aromatic N) is 5. The number of anilines is 1. The molecule has 0 aliphatic rings. The van der Waals surface area contributed by atoms with E-state index < -0.39 is 4.92 Å². The van der Waals surface area contributed by atoms with Gasteiger partial charge in [0.05, 0.1) is 4.92 Å². The second-order valence-electron chi connectivity index (χ2n) is 6.22. The van der Waals surface area contributed by atoms with E-state index in [1.165, 1.54) is 35.6 Å². The van der Waals surface area contributed by atoms with Crippen molar-refractivity contribution in [2.75, 3.05) is 5.32 Å². The predicted octanol–water partition coefficient (Wildman–Crippen LogP) is 4.37. The number of nitro benzene ring substituents is 1. The number of halogens is 1. The van der Waals surface area contributed by atoms with Crippen LogP contribution in [0.3, 0.4) is 0 Å². The van der Waals surface area contributed by atoms with Gasteiger partial charge in [0, 0.05) is 23.4 Å². The van der Waals surface area contributed by atoms with E-state index in [0.29, 0.717) is 22.0 Å². The number of nitro groups is 1. The summed E-state index contributed by atoms with van der Waals surface area (Å²) in [5, 5.41) is 27.0. The maximum Gasteiger partial charge on any atom is 0.288 e. The fraction of sp³-hybridized carbons (Fsp3) is 0.0526. The van der Waals surface area contributed by atoms with Gasteiger partial charge in [-0.15, -0.1) is 10.2 Å². The Morgan fingerprint density at radius 3 is 2.70 bits per heavy atom. The van der Waals surface area contributed by atoms with Gasteiger partial charge < -0.3 is 5.32 Å². The molecule has 30 heavy (non-hydrogen) atoms. The van der Waals surface area contributed by atoms with Crippen molar-refractivity contribution < 1.29 is 9.72 Å². The molecule has 4 aromatic rings. The smallest absolute Gasteiger partial charge is 0.288 e. The molecule has 0 saturated carbocycles. The van der Waals surface area contributed by atoms with Crippen molar-refractivity contribution in [3.05, 3.63) is 75.1 Å². The van der Waals surface area contributed by atoms with Crippen LogP contribution in [0.15, 0.2) is 48.5 Å². The average molecular weight is 441 g/mol. The van der Waals surface area contributed by atoms with Crippen LogP contribution in [0.4, 0.5) is 11.4 Å². The summed E-state index contributed by atoms with van der Waals surface area (Å²) in [4.78, 5) is 23.2. The van der Waals surface area contributed by atoms with Crippen LogP contribution in [-0.4, -0.2) is 30.6 Å². The van der Waals surface area contributed by atoms with E-state index in [0.717, 1.165) is 10.6 Å². The highest BCUT2D eigenvalue weighted by Gasteiger charge is 2.12. The zero-order valence-electron chi connectivity index (χ0n) is 15.4. The van der Waals surface area contributed by atoms with Gasteiger partial charge in [-0.05, 0) is 48.9 Å². The van der Waals surface area contributed by atoms with E-state index in [-0.39, 0.29) is 16.6 Å². The molecule has 0 atom stereocenters. The van der Waals surface area contributed by atoms with E-state index in [4.69, 9.17) is 11.6 Å². The summed E-state index contributed by atoms with van der Waals surface area (Å²) in [6, 6.07) is 11.6. The Balaban J connectivity index is 1.44. The first-order chi connectivity index (χ1) is 14.4. The lowest BCUT2D eigenvalue weighted by Gasteiger charge is -2.03. The maximum absolute atomic E-state index is 12.2. The number of benzene rings is 2. The number of hydrogen-bond donors (Lipinski definition) is 1. The second kappa shape index (κ2) is 8.01. The van der Waals surface area contributed by atoms with Crippen molar-refractivity contribution in [3.8, 4) is 10.6 Å². The molecule has 0 bridgehead atoms. The molecule has 0 aliphatic carbocycles. The third kappa shape index (κ3) is 4.04. The van der Waals surface area contributed by atoms with Gasteiger partial charge in [0.25, 0.3) is 5.69 Å². The summed E-state index contributed by atoms with van der Waals surface area (Å²) >= 11 is 7.21. The van der Waals surface area contributed by atoms with Crippen molar-refractivity contribution in [2.24, 2.45) is 0 Å². The quantitative estimate of drug-likeness (QED) is 0.280. The molecule has 0 fully saturated rings. The summed E-state index contributed by atoms with van der Waals surface area (Å²) in [6.07, 6.45) is 2.78. The highest BCUT2D eigenvalue weighted by Crippen LogP contribution is 2.27. The van der Waals surface area contributed by atoms with E-state index in [9.17, 15) is 14.9 Å². The minimum Gasteiger partial charge on any atom is -0.323 e. The normalized spacial score (nSPS) is 11.3. The molecule has 9 nitrogen and oxygen atoms in total. The topological polar surface area (TPSA) is 115 Å². The van der Waals surface area contributed by atoms with Crippen LogP contribution in [0.2, 0.25) is 5.02 Å². The van der Waals surface area contributed by atoms with Gasteiger partial charge in [0.2, 0.25) is 10.9 Å². The average Bonchev–Trinajstić information content (AvgIpc) is 3.30. The van der Waals surface area contributed by atoms with Gasteiger partial charge in [0.15, 0.2) is 5.82 Å². The van der Waals surface area contributed by atoms with E-state index in [1.54, 1.807) is 22.7 Å². The summed E-state index contributed by atoms with van der Waals surface area (Å²) < 4.78 is 1.68. The number of hydrogen-bond acceptors (Lipinski definition) is 7. The monoisotopic (exact) mass is 440 g/mol. The Bertz CT molecular complexity index is 1300. The molecule has 150 valence electrons. The third-order valence-corrected chi connectivity index (χ3v) is 5.41. The highest BCUT2D eigenvalue weighted by atomic mass is 35.5. The third-order valence-electron chi connectivity index (χ3n) is 4.14. The minimum atomic E-state index is -0.570. The molecule has 0 aliphatic heterocycles. The van der Waals surface area contributed by atoms with Crippen molar-refractivity contribution >= 4 is 51.3 Å². The van der Waals surface area contributed by atoms with Crippen LogP contribution >= 0.6 is 22.9 Å². The SMILES string of the molecule is Cc1nnc2sc(-c3ccc(NC(=O)C=Cc4ccc(Cl)c([N+](=O)[O-])c4)cc3)nn12. The molecule has 2 aromatic heterocycles. The Morgan fingerprint density at radius 2 is 2.00 bits per heavy atom. The van der Waals surface area contributed by atoms with Crippen molar-refractivity contribution in [3.63, 3.8) is 0 Å². The molecule has 2 aromatic carbocycles. The number of carbonyl (C=O) groups is 1. The van der Waals surface area contributed by atoms with Crippen molar-refractivity contribution in [2.45, 2.75) is 6.92 Å². The molecule has 2 heterocycles. The number of rotatable bonds is 5. The first kappa shape index (κ1) is 19.7. The largest absolute Gasteiger partial charge is 0.323 e. The van der Waals surface area contributed by atoms with Gasteiger partial charge in [-0.3, -0.25) is 14.9 Å². The van der Waals surface area contributed by atoms with Crippen LogP contribution in [0, 0.1) is 17.0 Å². The minimum absolute atomic E-state index is 0.0432. The number of amides is 1. The fourth-order valence-corrected chi connectivity index (χ4v) is 3.73. The number of nitrogens with one attached hydrogen (secondary N) is 1. The van der Waals surface area contributed by atoms with Crippen LogP contribution in [0.1, 0.15) is 11.4 Å². The maximum atomic E-state index is 12.2. The Morgan fingerprint density at radius 1 is 1.23 bits per heavy atom. The summed E-state index contributed by atoms with van der Waals surface area (Å²) in [7, 11) is 0. The Hall–Kier alpha value is -3.63. The lowest BCUT2D eigenvalue weighted by molar-refractivity contribution is -0.384. The molecule has 1 N–H and O–H groups in total. The zero-order chi connectivity index (χ0) is 21.3. The van der Waals surface area contributed by atoms with Crippen molar-refractivity contribution in [1.29, 1.82) is 0 Å². The molecule has 4 rings (SSSR count). The first-order valence-electron chi connectivity index (χ1n) is 8.63. The Kier molecular flexibility index (Phi) is 5.25. The molecular weight excluding hydrogens is 428 g/mol. The zero-order valence-corrected chi connectivity index (χ0v) is 17.0. The Labute approximate surface area is 178 Å². The molecule has 11 heteroatoms. The molecule has 1 amide bonds. The van der Waals surface area contributed by atoms with Gasteiger partial charge in [-0.2, -0.15) is 9.61 Å². The second-order valence-corrected chi connectivity index (χ2v) is 7.58. The van der Waals surface area contributed by atoms with E-state index >= 15 is 0 Å². The molecule has 0 unspecified atom stereocenters. The van der Waals surface area contributed by atoms with Gasteiger partial charge in [-0.1, -0.05) is 29.0 Å². The fourth-order valence-electron chi connectivity index (χ4n) is 2.66. The molecule has 0 saturated heterocycles. The van der Waals surface area contributed by atoms with Crippen LogP contribution < -0.4 is 5.32 Å². The van der Waals surface area contributed by atoms with Gasteiger partial charge >= 0.3 is 0 Å². The van der Waals surface area contributed by atoms with Gasteiger partial charge in [-0.25, -0.2) is 0 Å².